The van der Waals surface area contributed by atoms with E-state index < -0.39 is 23.4 Å². The molecule has 0 aliphatic heterocycles. The van der Waals surface area contributed by atoms with E-state index in [4.69, 9.17) is 9.47 Å². The molecule has 0 saturated carbocycles. The molecule has 0 radical (unpaired) electrons. The lowest BCUT2D eigenvalue weighted by Crippen LogP contribution is -2.62. The number of esters is 2. The second-order valence-electron chi connectivity index (χ2n) is 6.75. The molecule has 6 nitrogen and oxygen atoms in total. The number of amides is 1. The highest BCUT2D eigenvalue weighted by molar-refractivity contribution is 7.57. The maximum Gasteiger partial charge on any atom is 0.344 e. The molecule has 1 rings (SSSR count). The van der Waals surface area contributed by atoms with Gasteiger partial charge in [0.1, 0.15) is 0 Å². The highest BCUT2D eigenvalue weighted by Gasteiger charge is 2.50. The van der Waals surface area contributed by atoms with Crippen molar-refractivity contribution in [2.45, 2.75) is 53.0 Å². The van der Waals surface area contributed by atoms with Crippen LogP contribution in [-0.4, -0.2) is 55.1 Å². The number of carbonyl (C=O) groups is 3. The predicted octanol–water partition coefficient (Wildman–Crippen LogP) is 3.29. The van der Waals surface area contributed by atoms with Crippen LogP contribution in [0.3, 0.4) is 0 Å². The third-order valence-electron chi connectivity index (χ3n) is 4.80. The van der Waals surface area contributed by atoms with Gasteiger partial charge in [0.25, 0.3) is 0 Å². The highest BCUT2D eigenvalue weighted by atomic mass is 31.1. The third-order valence-corrected chi connectivity index (χ3v) is 7.45. The Morgan fingerprint density at radius 3 is 1.90 bits per heavy atom. The van der Waals surface area contributed by atoms with Gasteiger partial charge in [-0.15, -0.1) is 7.92 Å². The van der Waals surface area contributed by atoms with Crippen molar-refractivity contribution in [2.24, 2.45) is 0 Å². The molecule has 0 spiro atoms. The Morgan fingerprint density at radius 2 is 1.45 bits per heavy atom. The van der Waals surface area contributed by atoms with Gasteiger partial charge in [0.2, 0.25) is 11.4 Å². The zero-order valence-electron chi connectivity index (χ0n) is 18.2. The SMILES string of the molecule is CCOC(=O)C(Cc1ccccc1CCP(CC)CC)(NC(C)=O)C(=O)OCC. The highest BCUT2D eigenvalue weighted by Crippen LogP contribution is 2.35. The first kappa shape index (κ1) is 25.1. The largest absolute Gasteiger partial charge is 0.464 e. The van der Waals surface area contributed by atoms with E-state index in [2.05, 4.69) is 19.2 Å². The van der Waals surface area contributed by atoms with Crippen LogP contribution >= 0.6 is 7.92 Å². The first-order valence-electron chi connectivity index (χ1n) is 10.3. The quantitative estimate of drug-likeness (QED) is 0.317. The average molecular weight is 423 g/mol. The third kappa shape index (κ3) is 7.11. The van der Waals surface area contributed by atoms with Gasteiger partial charge in [0.15, 0.2) is 0 Å². The summed E-state index contributed by atoms with van der Waals surface area (Å²) in [6, 6.07) is 7.73. The number of benzene rings is 1. The number of hydrogen-bond donors (Lipinski definition) is 1. The topological polar surface area (TPSA) is 81.7 Å². The molecular formula is C22H34NO5P. The Labute approximate surface area is 175 Å². The summed E-state index contributed by atoms with van der Waals surface area (Å²) in [6.07, 6.45) is 4.30. The molecule has 0 bridgehead atoms. The summed E-state index contributed by atoms with van der Waals surface area (Å²) in [6.45, 7) is 9.21. The van der Waals surface area contributed by atoms with Crippen molar-refractivity contribution in [2.75, 3.05) is 31.7 Å². The van der Waals surface area contributed by atoms with Gasteiger partial charge < -0.3 is 14.8 Å². The van der Waals surface area contributed by atoms with E-state index >= 15 is 0 Å². The summed E-state index contributed by atoms with van der Waals surface area (Å²) < 4.78 is 10.3. The fourth-order valence-corrected chi connectivity index (χ4v) is 4.90. The summed E-state index contributed by atoms with van der Waals surface area (Å²) >= 11 is 0. The number of carbonyl (C=O) groups excluding carboxylic acids is 3. The Bertz CT molecular complexity index is 670. The number of aryl methyl sites for hydroxylation is 1. The van der Waals surface area contributed by atoms with E-state index in [1.54, 1.807) is 13.8 Å². The van der Waals surface area contributed by atoms with Crippen molar-refractivity contribution >= 4 is 25.8 Å². The minimum Gasteiger partial charge on any atom is -0.464 e. The smallest absolute Gasteiger partial charge is 0.344 e. The van der Waals surface area contributed by atoms with Crippen LogP contribution in [0.15, 0.2) is 24.3 Å². The molecule has 0 aliphatic carbocycles. The maximum absolute atomic E-state index is 12.9. The van der Waals surface area contributed by atoms with Crippen LogP contribution in [0.4, 0.5) is 0 Å². The molecule has 29 heavy (non-hydrogen) atoms. The molecule has 1 aromatic carbocycles. The predicted molar refractivity (Wildman–Crippen MR) is 117 cm³/mol. The lowest BCUT2D eigenvalue weighted by molar-refractivity contribution is -0.168. The van der Waals surface area contributed by atoms with Gasteiger partial charge in [-0.2, -0.15) is 0 Å². The van der Waals surface area contributed by atoms with Gasteiger partial charge in [-0.1, -0.05) is 38.1 Å². The van der Waals surface area contributed by atoms with Gasteiger partial charge >= 0.3 is 11.9 Å². The van der Waals surface area contributed by atoms with Crippen molar-refractivity contribution in [3.63, 3.8) is 0 Å². The minimum absolute atomic E-state index is 0.00338. The summed E-state index contributed by atoms with van der Waals surface area (Å²) in [7, 11) is -0.0287. The van der Waals surface area contributed by atoms with Crippen LogP contribution in [0.2, 0.25) is 0 Å². The monoisotopic (exact) mass is 423 g/mol. The van der Waals surface area contributed by atoms with E-state index in [0.717, 1.165) is 23.7 Å². The molecular weight excluding hydrogens is 389 g/mol. The van der Waals surface area contributed by atoms with E-state index in [1.165, 1.54) is 19.2 Å². The fraction of sp³-hybridized carbons (Fsp3) is 0.591. The minimum atomic E-state index is -1.89. The second-order valence-corrected chi connectivity index (χ2v) is 9.80. The van der Waals surface area contributed by atoms with Crippen LogP contribution in [-0.2, 0) is 36.7 Å². The Balaban J connectivity index is 3.32. The average Bonchev–Trinajstić information content (AvgIpc) is 2.69. The van der Waals surface area contributed by atoms with Gasteiger partial charge in [0, 0.05) is 13.3 Å². The van der Waals surface area contributed by atoms with Crippen LogP contribution in [0.1, 0.15) is 45.7 Å². The number of hydrogen-bond acceptors (Lipinski definition) is 5. The van der Waals surface area contributed by atoms with E-state index in [-0.39, 0.29) is 27.6 Å². The van der Waals surface area contributed by atoms with Gasteiger partial charge in [-0.05, 0) is 49.9 Å². The molecule has 0 aromatic heterocycles. The summed E-state index contributed by atoms with van der Waals surface area (Å²) in [5, 5.41) is 2.54. The molecule has 0 heterocycles. The molecule has 0 unspecified atom stereocenters. The molecule has 0 fully saturated rings. The van der Waals surface area contributed by atoms with Crippen LogP contribution in [0.5, 0.6) is 0 Å². The molecule has 7 heteroatoms. The lowest BCUT2D eigenvalue weighted by Gasteiger charge is -2.30. The van der Waals surface area contributed by atoms with Crippen molar-refractivity contribution in [3.05, 3.63) is 35.4 Å². The number of rotatable bonds is 12. The Morgan fingerprint density at radius 1 is 0.931 bits per heavy atom. The van der Waals surface area contributed by atoms with Crippen molar-refractivity contribution in [1.82, 2.24) is 5.32 Å². The first-order chi connectivity index (χ1) is 13.8. The summed E-state index contributed by atoms with van der Waals surface area (Å²) in [5.74, 6) is -2.09. The lowest BCUT2D eigenvalue weighted by atomic mass is 9.87. The fourth-order valence-electron chi connectivity index (χ4n) is 3.26. The number of ether oxygens (including phenoxy) is 2. The van der Waals surface area contributed by atoms with Crippen LogP contribution < -0.4 is 5.32 Å². The molecule has 0 saturated heterocycles. The van der Waals surface area contributed by atoms with E-state index in [0.29, 0.717) is 0 Å². The van der Waals surface area contributed by atoms with E-state index in [1.807, 2.05) is 24.3 Å². The van der Waals surface area contributed by atoms with Gasteiger partial charge in [-0.3, -0.25) is 4.79 Å². The molecule has 1 amide bonds. The van der Waals surface area contributed by atoms with E-state index in [9.17, 15) is 14.4 Å². The molecule has 1 N–H and O–H groups in total. The van der Waals surface area contributed by atoms with Crippen LogP contribution in [0.25, 0.3) is 0 Å². The van der Waals surface area contributed by atoms with Gasteiger partial charge in [-0.25, -0.2) is 9.59 Å². The normalized spacial score (nSPS) is 11.2. The molecule has 0 aliphatic rings. The maximum atomic E-state index is 12.9. The zero-order chi connectivity index (χ0) is 21.9. The second kappa shape index (κ2) is 12.6. The van der Waals surface area contributed by atoms with Crippen molar-refractivity contribution in [1.29, 1.82) is 0 Å². The van der Waals surface area contributed by atoms with Crippen LogP contribution in [0, 0.1) is 0 Å². The van der Waals surface area contributed by atoms with Gasteiger partial charge in [0.05, 0.1) is 13.2 Å². The molecule has 162 valence electrons. The first-order valence-corrected chi connectivity index (χ1v) is 12.2. The van der Waals surface area contributed by atoms with Crippen molar-refractivity contribution < 1.29 is 23.9 Å². The number of nitrogens with one attached hydrogen (secondary N) is 1. The van der Waals surface area contributed by atoms with Crippen molar-refractivity contribution in [3.8, 4) is 0 Å². The molecule has 0 atom stereocenters. The Hall–Kier alpha value is -1.94. The summed E-state index contributed by atoms with van der Waals surface area (Å²) in [5.41, 5.74) is 0.0172. The standard InChI is InChI=1S/C22H34NO5P/c1-6-27-20(25)22(23-17(5)24,21(26)28-7-2)16-19-13-11-10-12-18(19)14-15-29(8-3)9-4/h10-13H,6-9,14-16H2,1-5H3,(H,23,24). The zero-order valence-corrected chi connectivity index (χ0v) is 19.1. The molecule has 1 aromatic rings. The Kier molecular flexibility index (Phi) is 10.9. The summed E-state index contributed by atoms with van der Waals surface area (Å²) in [4.78, 5) is 37.6.